The maximum atomic E-state index is 13.2. The molecule has 2 amide bonds. The van der Waals surface area contributed by atoms with Gasteiger partial charge in [-0.1, -0.05) is 0 Å². The van der Waals surface area contributed by atoms with Crippen LogP contribution in [0.4, 0.5) is 23.8 Å². The Hall–Kier alpha value is -2.86. The monoisotopic (exact) mass is 440 g/mol. The van der Waals surface area contributed by atoms with Crippen LogP contribution in [0.5, 0.6) is 0 Å². The van der Waals surface area contributed by atoms with Crippen LogP contribution >= 0.6 is 0 Å². The van der Waals surface area contributed by atoms with Gasteiger partial charge in [0.05, 0.1) is 16.7 Å². The van der Waals surface area contributed by atoms with Gasteiger partial charge in [-0.25, -0.2) is 19.7 Å². The molecule has 160 valence electrons. The first-order valence-electron chi connectivity index (χ1n) is 8.86. The van der Waals surface area contributed by atoms with E-state index < -0.39 is 29.1 Å². The number of nitrogens with one attached hydrogen (secondary N) is 2. The zero-order chi connectivity index (χ0) is 22.2. The Labute approximate surface area is 173 Å². The number of pyridine rings is 2. The summed E-state index contributed by atoms with van der Waals surface area (Å²) in [6.07, 6.45) is -4.61. The van der Waals surface area contributed by atoms with Crippen LogP contribution in [0.2, 0.25) is 0 Å². The summed E-state index contributed by atoms with van der Waals surface area (Å²) >= 11 is -1.42. The van der Waals surface area contributed by atoms with Crippen LogP contribution in [-0.2, 0) is 24.4 Å². The predicted octanol–water partition coefficient (Wildman–Crippen LogP) is 3.24. The number of alkyl halides is 3. The molecular weight excluding hydrogens is 421 g/mol. The van der Waals surface area contributed by atoms with Gasteiger partial charge in [-0.3, -0.25) is 5.32 Å². The lowest BCUT2D eigenvalue weighted by Gasteiger charge is -2.13. The molecule has 3 rings (SSSR count). The average molecular weight is 440 g/mol. The zero-order valence-corrected chi connectivity index (χ0v) is 17.4. The van der Waals surface area contributed by atoms with Crippen molar-refractivity contribution < 1.29 is 22.5 Å². The molecule has 0 fully saturated rings. The molecule has 0 radical (unpaired) electrons. The van der Waals surface area contributed by atoms with Gasteiger partial charge >= 0.3 is 12.2 Å². The molecule has 0 bridgehead atoms. The van der Waals surface area contributed by atoms with Crippen molar-refractivity contribution in [3.8, 4) is 11.5 Å². The molecule has 0 saturated carbocycles. The van der Waals surface area contributed by atoms with Crippen LogP contribution < -0.4 is 10.6 Å². The third-order valence-electron chi connectivity index (χ3n) is 4.36. The molecule has 0 aliphatic rings. The average Bonchev–Trinajstić information content (AvgIpc) is 3.03. The lowest BCUT2D eigenvalue weighted by molar-refractivity contribution is -0.141. The number of carbonyl (C=O) groups is 1. The van der Waals surface area contributed by atoms with E-state index in [9.17, 15) is 22.5 Å². The van der Waals surface area contributed by atoms with Gasteiger partial charge in [0.25, 0.3) is 0 Å². The van der Waals surface area contributed by atoms with E-state index >= 15 is 0 Å². The second kappa shape index (κ2) is 8.11. The molecular formula is C18H19F3N6O2S. The van der Waals surface area contributed by atoms with Crippen molar-refractivity contribution in [2.45, 2.75) is 24.9 Å². The van der Waals surface area contributed by atoms with Gasteiger partial charge in [0.2, 0.25) is 0 Å². The number of hydrogen-bond donors (Lipinski definition) is 2. The van der Waals surface area contributed by atoms with Crippen LogP contribution in [-0.4, -0.2) is 42.9 Å². The Morgan fingerprint density at radius 2 is 1.97 bits per heavy atom. The second-order valence-corrected chi connectivity index (χ2v) is 8.04. The smallest absolute Gasteiger partial charge is 0.433 e. The summed E-state index contributed by atoms with van der Waals surface area (Å²) in [6, 6.07) is 3.42. The van der Waals surface area contributed by atoms with E-state index in [-0.39, 0.29) is 28.5 Å². The van der Waals surface area contributed by atoms with Gasteiger partial charge in [0.1, 0.15) is 17.3 Å². The molecule has 3 aromatic rings. The van der Waals surface area contributed by atoms with Crippen LogP contribution in [0.15, 0.2) is 23.1 Å². The number of hydrogen-bond acceptors (Lipinski definition) is 5. The molecule has 0 saturated heterocycles. The minimum absolute atomic E-state index is 0.0898. The number of anilines is 1. The third-order valence-corrected chi connectivity index (χ3v) is 5.71. The van der Waals surface area contributed by atoms with E-state index in [0.717, 1.165) is 6.07 Å². The van der Waals surface area contributed by atoms with E-state index in [4.69, 9.17) is 0 Å². The van der Waals surface area contributed by atoms with Crippen molar-refractivity contribution in [2.75, 3.05) is 18.1 Å². The Bertz CT molecular complexity index is 1120. The number of halogens is 3. The van der Waals surface area contributed by atoms with Gasteiger partial charge in [-0.15, -0.1) is 0 Å². The summed E-state index contributed by atoms with van der Waals surface area (Å²) in [5.41, 5.74) is -0.197. The van der Waals surface area contributed by atoms with Crippen molar-refractivity contribution in [2.24, 2.45) is 7.05 Å². The van der Waals surface area contributed by atoms with E-state index in [2.05, 4.69) is 25.6 Å². The Morgan fingerprint density at radius 3 is 2.57 bits per heavy atom. The van der Waals surface area contributed by atoms with E-state index in [1.165, 1.54) is 20.0 Å². The summed E-state index contributed by atoms with van der Waals surface area (Å²) in [6.45, 7) is 3.19. The predicted molar refractivity (Wildman–Crippen MR) is 107 cm³/mol. The molecule has 0 aromatic carbocycles. The number of amides is 2. The van der Waals surface area contributed by atoms with Crippen LogP contribution in [0.25, 0.3) is 22.6 Å². The van der Waals surface area contributed by atoms with E-state index in [0.29, 0.717) is 16.2 Å². The molecule has 0 spiro atoms. The van der Waals surface area contributed by atoms with E-state index in [1.54, 1.807) is 24.6 Å². The molecule has 8 nitrogen and oxygen atoms in total. The van der Waals surface area contributed by atoms with Crippen molar-refractivity contribution >= 4 is 34.1 Å². The van der Waals surface area contributed by atoms with Crippen LogP contribution in [0, 0.1) is 6.92 Å². The van der Waals surface area contributed by atoms with Crippen molar-refractivity contribution in [3.05, 3.63) is 29.6 Å². The fourth-order valence-corrected chi connectivity index (χ4v) is 3.88. The number of fused-ring (bicyclic) bond motifs is 1. The topological polar surface area (TPSA) is 108 Å². The standard InChI is InChI=1S/C18H19F3N6O2S/c1-5-30(29)11-6-7-13(26-17(28)22-3)25-14(11)16-24-10-8-12(18(19,20)21)23-9(2)15(10)27(16)4/h6-8H,5H2,1-4H3,(H2,22,25,26,28). The molecule has 12 heteroatoms. The summed E-state index contributed by atoms with van der Waals surface area (Å²) in [5, 5.41) is 4.92. The number of aromatic nitrogens is 4. The normalized spacial score (nSPS) is 12.8. The fraction of sp³-hybridized carbons (Fsp3) is 0.333. The number of urea groups is 1. The van der Waals surface area contributed by atoms with Crippen molar-refractivity contribution in [3.63, 3.8) is 0 Å². The Balaban J connectivity index is 2.24. The molecule has 3 heterocycles. The van der Waals surface area contributed by atoms with Crippen LogP contribution in [0.1, 0.15) is 18.3 Å². The number of carbonyl (C=O) groups excluding carboxylic acids is 1. The lowest BCUT2D eigenvalue weighted by atomic mass is 10.2. The SMILES string of the molecule is CC[S+]([O-])c1ccc(NC(=O)NC)nc1-c1nc2cc(C(F)(F)F)nc(C)c2n1C. The fourth-order valence-electron chi connectivity index (χ4n) is 3.00. The summed E-state index contributed by atoms with van der Waals surface area (Å²) in [5.74, 6) is 0.699. The number of imidazole rings is 1. The molecule has 3 aromatic heterocycles. The first kappa shape index (κ1) is 21.8. The number of aryl methyl sites for hydroxylation is 2. The molecule has 30 heavy (non-hydrogen) atoms. The van der Waals surface area contributed by atoms with Crippen molar-refractivity contribution in [1.29, 1.82) is 0 Å². The largest absolute Gasteiger partial charge is 0.611 e. The Morgan fingerprint density at radius 1 is 1.27 bits per heavy atom. The zero-order valence-electron chi connectivity index (χ0n) is 16.6. The third kappa shape index (κ3) is 4.05. The summed E-state index contributed by atoms with van der Waals surface area (Å²) in [4.78, 5) is 24.3. The molecule has 1 unspecified atom stereocenters. The second-order valence-electron chi connectivity index (χ2n) is 6.33. The number of rotatable bonds is 4. The van der Waals surface area contributed by atoms with Gasteiger partial charge in [-0.2, -0.15) is 13.2 Å². The highest BCUT2D eigenvalue weighted by Crippen LogP contribution is 2.34. The molecule has 1 atom stereocenters. The maximum Gasteiger partial charge on any atom is 0.433 e. The van der Waals surface area contributed by atoms with Crippen LogP contribution in [0.3, 0.4) is 0 Å². The minimum Gasteiger partial charge on any atom is -0.611 e. The summed E-state index contributed by atoms with van der Waals surface area (Å²) in [7, 11) is 3.06. The summed E-state index contributed by atoms with van der Waals surface area (Å²) < 4.78 is 53.6. The molecule has 0 aliphatic heterocycles. The van der Waals surface area contributed by atoms with Gasteiger partial charge in [-0.05, 0) is 43.2 Å². The maximum absolute atomic E-state index is 13.2. The minimum atomic E-state index is -4.61. The lowest BCUT2D eigenvalue weighted by Crippen LogP contribution is -2.25. The first-order chi connectivity index (χ1) is 14.1. The van der Waals surface area contributed by atoms with Gasteiger partial charge in [0.15, 0.2) is 16.4 Å². The number of nitrogens with zero attached hydrogens (tertiary/aromatic N) is 4. The highest BCUT2D eigenvalue weighted by Gasteiger charge is 2.34. The highest BCUT2D eigenvalue weighted by molar-refractivity contribution is 7.91. The molecule has 2 N–H and O–H groups in total. The van der Waals surface area contributed by atoms with E-state index in [1.807, 2.05) is 0 Å². The Kier molecular flexibility index (Phi) is 5.90. The van der Waals surface area contributed by atoms with Gasteiger partial charge in [0, 0.05) is 14.1 Å². The molecule has 0 aliphatic carbocycles. The van der Waals surface area contributed by atoms with Gasteiger partial charge < -0.3 is 14.4 Å². The van der Waals surface area contributed by atoms with Crippen molar-refractivity contribution in [1.82, 2.24) is 24.8 Å². The quantitative estimate of drug-likeness (QED) is 0.606. The first-order valence-corrected chi connectivity index (χ1v) is 10.2. The highest BCUT2D eigenvalue weighted by atomic mass is 32.2.